The van der Waals surface area contributed by atoms with Crippen LogP contribution in [-0.4, -0.2) is 50.8 Å². The van der Waals surface area contributed by atoms with Crippen molar-refractivity contribution in [1.29, 1.82) is 0 Å². The zero-order valence-electron chi connectivity index (χ0n) is 11.7. The summed E-state index contributed by atoms with van der Waals surface area (Å²) in [5.74, 6) is 0. The second kappa shape index (κ2) is 6.68. The van der Waals surface area contributed by atoms with Gasteiger partial charge in [0.05, 0.1) is 0 Å². The second-order valence-electron chi connectivity index (χ2n) is 5.31. The minimum atomic E-state index is -3.34. The molecule has 0 aromatic rings. The van der Waals surface area contributed by atoms with Crippen LogP contribution < -0.4 is 5.73 Å². The Kier molecular flexibility index (Phi) is 6.61. The molecule has 0 bridgehead atoms. The highest BCUT2D eigenvalue weighted by molar-refractivity contribution is 7.86. The molecule has 2 N–H and O–H groups in total. The Hall–Kier alpha value is -0.170. The van der Waals surface area contributed by atoms with Gasteiger partial charge in [-0.15, -0.1) is 0 Å². The highest BCUT2D eigenvalue weighted by atomic mass is 32.2. The number of nitrogens with two attached hydrogens (primary N) is 1. The van der Waals surface area contributed by atoms with Gasteiger partial charge in [0.15, 0.2) is 0 Å². The lowest BCUT2D eigenvalue weighted by molar-refractivity contribution is 0.278. The summed E-state index contributed by atoms with van der Waals surface area (Å²) in [6.45, 7) is 7.43. The van der Waals surface area contributed by atoms with Gasteiger partial charge in [0.2, 0.25) is 0 Å². The maximum absolute atomic E-state index is 12.1. The van der Waals surface area contributed by atoms with Gasteiger partial charge in [-0.2, -0.15) is 17.0 Å². The Balaban J connectivity index is 4.60. The van der Waals surface area contributed by atoms with Crippen LogP contribution >= 0.6 is 0 Å². The summed E-state index contributed by atoms with van der Waals surface area (Å²) < 4.78 is 27.1. The van der Waals surface area contributed by atoms with Crippen molar-refractivity contribution in [1.82, 2.24) is 8.61 Å². The smallest absolute Gasteiger partial charge is 0.281 e. The van der Waals surface area contributed by atoms with Crippen LogP contribution in [0.2, 0.25) is 0 Å². The molecular formula is C11H27N3O2S. The van der Waals surface area contributed by atoms with Crippen LogP contribution in [0.3, 0.4) is 0 Å². The van der Waals surface area contributed by atoms with Gasteiger partial charge in [-0.3, -0.25) is 0 Å². The summed E-state index contributed by atoms with van der Waals surface area (Å²) in [5, 5.41) is 0. The average Bonchev–Trinajstić information content (AvgIpc) is 2.25. The SMILES string of the molecule is CCCCN(C)S(=O)(=O)N(C)CC(C)(C)CN. The molecule has 0 spiro atoms. The lowest BCUT2D eigenvalue weighted by Crippen LogP contribution is -2.45. The summed E-state index contributed by atoms with van der Waals surface area (Å²) in [7, 11) is -0.115. The van der Waals surface area contributed by atoms with Crippen molar-refractivity contribution in [2.75, 3.05) is 33.7 Å². The van der Waals surface area contributed by atoms with Crippen molar-refractivity contribution >= 4 is 10.2 Å². The number of hydrogen-bond donors (Lipinski definition) is 1. The Labute approximate surface area is 106 Å². The summed E-state index contributed by atoms with van der Waals surface area (Å²) in [4.78, 5) is 0. The van der Waals surface area contributed by atoms with Crippen LogP contribution in [0, 0.1) is 5.41 Å². The third-order valence-electron chi connectivity index (χ3n) is 2.82. The Morgan fingerprint density at radius 3 is 2.12 bits per heavy atom. The predicted octanol–water partition coefficient (Wildman–Crippen LogP) is 0.880. The van der Waals surface area contributed by atoms with Gasteiger partial charge in [-0.25, -0.2) is 0 Å². The maximum Gasteiger partial charge on any atom is 0.281 e. The number of nitrogens with zero attached hydrogens (tertiary/aromatic N) is 2. The van der Waals surface area contributed by atoms with E-state index in [1.165, 1.54) is 8.61 Å². The third kappa shape index (κ3) is 5.33. The molecule has 0 fully saturated rings. The zero-order chi connectivity index (χ0) is 13.7. The van der Waals surface area contributed by atoms with E-state index in [-0.39, 0.29) is 5.41 Å². The molecule has 5 nitrogen and oxygen atoms in total. The molecule has 104 valence electrons. The number of rotatable bonds is 8. The fourth-order valence-corrected chi connectivity index (χ4v) is 2.83. The third-order valence-corrected chi connectivity index (χ3v) is 4.70. The fraction of sp³-hybridized carbons (Fsp3) is 1.00. The molecule has 0 saturated carbocycles. The zero-order valence-corrected chi connectivity index (χ0v) is 12.5. The molecular weight excluding hydrogens is 238 g/mol. The summed E-state index contributed by atoms with van der Waals surface area (Å²) >= 11 is 0. The molecule has 0 amide bonds. The molecule has 0 aromatic heterocycles. The van der Waals surface area contributed by atoms with Gasteiger partial charge in [0.1, 0.15) is 0 Å². The minimum Gasteiger partial charge on any atom is -0.330 e. The van der Waals surface area contributed by atoms with E-state index in [0.717, 1.165) is 12.8 Å². The van der Waals surface area contributed by atoms with Crippen LogP contribution in [0.1, 0.15) is 33.6 Å². The van der Waals surface area contributed by atoms with Gasteiger partial charge in [0.25, 0.3) is 10.2 Å². The normalized spacial score (nSPS) is 13.6. The largest absolute Gasteiger partial charge is 0.330 e. The van der Waals surface area contributed by atoms with Crippen molar-refractivity contribution in [3.8, 4) is 0 Å². The second-order valence-corrected chi connectivity index (χ2v) is 7.45. The van der Waals surface area contributed by atoms with Crippen molar-refractivity contribution in [2.45, 2.75) is 33.6 Å². The van der Waals surface area contributed by atoms with Gasteiger partial charge in [-0.1, -0.05) is 27.2 Å². The van der Waals surface area contributed by atoms with E-state index >= 15 is 0 Å². The van der Waals surface area contributed by atoms with Crippen molar-refractivity contribution in [2.24, 2.45) is 11.1 Å². The van der Waals surface area contributed by atoms with Crippen LogP contribution in [0.4, 0.5) is 0 Å². The fourth-order valence-electron chi connectivity index (χ4n) is 1.48. The molecule has 0 unspecified atom stereocenters. The quantitative estimate of drug-likeness (QED) is 0.708. The maximum atomic E-state index is 12.1. The van der Waals surface area contributed by atoms with Crippen LogP contribution in [-0.2, 0) is 10.2 Å². The molecule has 0 aliphatic carbocycles. The van der Waals surface area contributed by atoms with Crippen molar-refractivity contribution < 1.29 is 8.42 Å². The van der Waals surface area contributed by atoms with Gasteiger partial charge in [0, 0.05) is 27.2 Å². The molecule has 6 heteroatoms. The van der Waals surface area contributed by atoms with E-state index in [0.29, 0.717) is 19.6 Å². The molecule has 0 radical (unpaired) electrons. The van der Waals surface area contributed by atoms with E-state index in [2.05, 4.69) is 0 Å². The first kappa shape index (κ1) is 16.8. The Bertz CT molecular complexity index is 315. The summed E-state index contributed by atoms with van der Waals surface area (Å²) in [6.07, 6.45) is 1.86. The monoisotopic (exact) mass is 265 g/mol. The minimum absolute atomic E-state index is 0.201. The van der Waals surface area contributed by atoms with Gasteiger partial charge < -0.3 is 5.73 Å². The van der Waals surface area contributed by atoms with E-state index in [9.17, 15) is 8.42 Å². The highest BCUT2D eigenvalue weighted by Crippen LogP contribution is 2.17. The first-order chi connectivity index (χ1) is 7.67. The Morgan fingerprint density at radius 1 is 1.18 bits per heavy atom. The lowest BCUT2D eigenvalue weighted by atomic mass is 9.94. The highest BCUT2D eigenvalue weighted by Gasteiger charge is 2.28. The molecule has 17 heavy (non-hydrogen) atoms. The first-order valence-corrected chi connectivity index (χ1v) is 7.44. The Morgan fingerprint density at radius 2 is 1.71 bits per heavy atom. The van der Waals surface area contributed by atoms with Crippen molar-refractivity contribution in [3.05, 3.63) is 0 Å². The number of hydrogen-bond acceptors (Lipinski definition) is 3. The van der Waals surface area contributed by atoms with E-state index in [1.807, 2.05) is 20.8 Å². The standard InChI is InChI=1S/C11H27N3O2S/c1-6-7-8-13(4)17(15,16)14(5)10-11(2,3)9-12/h6-10,12H2,1-5H3. The number of unbranched alkanes of at least 4 members (excludes halogenated alkanes) is 1. The molecule has 0 aliphatic rings. The molecule has 0 heterocycles. The van der Waals surface area contributed by atoms with Gasteiger partial charge in [-0.05, 0) is 18.4 Å². The average molecular weight is 265 g/mol. The first-order valence-electron chi connectivity index (χ1n) is 6.05. The predicted molar refractivity (Wildman–Crippen MR) is 71.9 cm³/mol. The molecule has 0 atom stereocenters. The summed E-state index contributed by atoms with van der Waals surface area (Å²) in [5.41, 5.74) is 5.42. The van der Waals surface area contributed by atoms with E-state index < -0.39 is 10.2 Å². The van der Waals surface area contributed by atoms with Crippen molar-refractivity contribution in [3.63, 3.8) is 0 Å². The van der Waals surface area contributed by atoms with E-state index in [1.54, 1.807) is 14.1 Å². The lowest BCUT2D eigenvalue weighted by Gasteiger charge is -2.31. The van der Waals surface area contributed by atoms with E-state index in [4.69, 9.17) is 5.73 Å². The summed E-state index contributed by atoms with van der Waals surface area (Å²) in [6, 6.07) is 0. The topological polar surface area (TPSA) is 66.6 Å². The molecule has 0 aromatic carbocycles. The van der Waals surface area contributed by atoms with Gasteiger partial charge >= 0.3 is 0 Å². The van der Waals surface area contributed by atoms with Crippen LogP contribution in [0.25, 0.3) is 0 Å². The molecule has 0 rings (SSSR count). The molecule has 0 aliphatic heterocycles. The molecule has 0 saturated heterocycles. The van der Waals surface area contributed by atoms with Crippen LogP contribution in [0.15, 0.2) is 0 Å². The van der Waals surface area contributed by atoms with Crippen LogP contribution in [0.5, 0.6) is 0 Å².